The molecule has 1 unspecified atom stereocenters. The van der Waals surface area contributed by atoms with Crippen molar-refractivity contribution in [2.75, 3.05) is 26.7 Å². The normalized spacial score (nSPS) is 23.9. The number of piperidine rings is 1. The minimum Gasteiger partial charge on any atom is -0.507 e. The summed E-state index contributed by atoms with van der Waals surface area (Å²) in [7, 11) is 1.93. The first-order chi connectivity index (χ1) is 12.1. The van der Waals surface area contributed by atoms with Gasteiger partial charge in [-0.15, -0.1) is 11.5 Å². The molecule has 1 aromatic rings. The van der Waals surface area contributed by atoms with E-state index in [0.717, 1.165) is 25.3 Å². The molecule has 0 aliphatic carbocycles. The molecule has 0 spiro atoms. The number of nitrogens with one attached hydrogen (secondary N) is 1. The lowest BCUT2D eigenvalue weighted by molar-refractivity contribution is 0.202. The van der Waals surface area contributed by atoms with Gasteiger partial charge < -0.3 is 20.2 Å². The Balaban J connectivity index is 1.68. The fourth-order valence-electron chi connectivity index (χ4n) is 3.36. The van der Waals surface area contributed by atoms with Crippen molar-refractivity contribution in [3.05, 3.63) is 41.3 Å². The van der Waals surface area contributed by atoms with Crippen molar-refractivity contribution in [3.63, 3.8) is 0 Å². The topological polar surface area (TPSA) is 63.5 Å². The average molecular weight is 339 g/mol. The van der Waals surface area contributed by atoms with Gasteiger partial charge in [0.05, 0.1) is 0 Å². The molecule has 2 heterocycles. The molecule has 132 valence electrons. The Morgan fingerprint density at radius 1 is 1.44 bits per heavy atom. The number of hydrogen-bond donors (Lipinski definition) is 2. The van der Waals surface area contributed by atoms with Gasteiger partial charge in [0.2, 0.25) is 0 Å². The molecular formula is C19H25N5O. The monoisotopic (exact) mass is 339 g/mol. The molecule has 1 fully saturated rings. The van der Waals surface area contributed by atoms with E-state index >= 15 is 0 Å². The zero-order chi connectivity index (χ0) is 17.8. The van der Waals surface area contributed by atoms with E-state index in [1.807, 2.05) is 18.1 Å². The molecule has 0 radical (unpaired) electrons. The molecule has 0 aromatic heterocycles. The summed E-state index contributed by atoms with van der Waals surface area (Å²) in [5.41, 5.74) is 1.34. The summed E-state index contributed by atoms with van der Waals surface area (Å²) < 4.78 is 0. The number of likely N-dealkylation sites (N-methyl/N-ethyl adjacent to an activating group) is 1. The second-order valence-electron chi connectivity index (χ2n) is 6.56. The number of terminal acetylenes is 1. The molecule has 0 saturated carbocycles. The number of nitrogens with zero attached hydrogens (tertiary/aromatic N) is 4. The maximum Gasteiger partial charge on any atom is 0.171 e. The van der Waals surface area contributed by atoms with Gasteiger partial charge in [0.15, 0.2) is 12.0 Å². The molecule has 1 aromatic carbocycles. The summed E-state index contributed by atoms with van der Waals surface area (Å²) >= 11 is 0. The molecule has 0 bridgehead atoms. The van der Waals surface area contributed by atoms with Crippen molar-refractivity contribution >= 4 is 0 Å². The third-order valence-corrected chi connectivity index (χ3v) is 4.77. The first-order valence-electron chi connectivity index (χ1n) is 8.73. The van der Waals surface area contributed by atoms with Crippen molar-refractivity contribution in [1.82, 2.24) is 15.1 Å². The van der Waals surface area contributed by atoms with E-state index in [-0.39, 0.29) is 11.9 Å². The lowest BCUT2D eigenvalue weighted by atomic mass is 10.1. The van der Waals surface area contributed by atoms with Gasteiger partial charge in [-0.1, -0.05) is 12.8 Å². The van der Waals surface area contributed by atoms with Crippen molar-refractivity contribution in [1.29, 1.82) is 0 Å². The molecule has 6 heteroatoms. The van der Waals surface area contributed by atoms with E-state index in [4.69, 9.17) is 6.42 Å². The van der Waals surface area contributed by atoms with Crippen LogP contribution in [0.1, 0.15) is 37.1 Å². The van der Waals surface area contributed by atoms with Gasteiger partial charge in [-0.2, -0.15) is 5.11 Å². The molecule has 25 heavy (non-hydrogen) atoms. The number of rotatable bonds is 4. The molecule has 2 atom stereocenters. The standard InChI is InChI=1S/C19H25N5O/c1-4-14-8-9-16(17(25)11-14)19-22-21-18(13-23(19)3)20-15-7-6-10-24(5-2)12-15/h1,8-9,11,13,15,19-20,25H,5-7,10,12H2,2-3H3/t15?,19-/m0/s1. The van der Waals surface area contributed by atoms with Crippen LogP contribution in [0.4, 0.5) is 0 Å². The van der Waals surface area contributed by atoms with Gasteiger partial charge in [0, 0.05) is 37.0 Å². The van der Waals surface area contributed by atoms with E-state index in [0.29, 0.717) is 17.2 Å². The van der Waals surface area contributed by atoms with Gasteiger partial charge in [0.1, 0.15) is 5.75 Å². The number of benzene rings is 1. The van der Waals surface area contributed by atoms with Gasteiger partial charge in [-0.05, 0) is 44.1 Å². The maximum absolute atomic E-state index is 10.2. The second-order valence-corrected chi connectivity index (χ2v) is 6.56. The smallest absolute Gasteiger partial charge is 0.171 e. The summed E-state index contributed by atoms with van der Waals surface area (Å²) in [5, 5.41) is 22.4. The van der Waals surface area contributed by atoms with Crippen LogP contribution < -0.4 is 5.32 Å². The van der Waals surface area contributed by atoms with Gasteiger partial charge in [-0.25, -0.2) is 0 Å². The SMILES string of the molecule is C#Cc1ccc([C@H]2N=NC(NC3CCCN(CC)C3)=CN2C)c(O)c1. The molecule has 2 aliphatic rings. The fourth-order valence-corrected chi connectivity index (χ4v) is 3.36. The van der Waals surface area contributed by atoms with Crippen LogP contribution in [0, 0.1) is 12.3 Å². The van der Waals surface area contributed by atoms with Crippen LogP contribution >= 0.6 is 0 Å². The predicted molar refractivity (Wildman–Crippen MR) is 97.8 cm³/mol. The highest BCUT2D eigenvalue weighted by molar-refractivity contribution is 5.44. The number of phenolic OH excluding ortho intramolecular Hbond substituents is 1. The highest BCUT2D eigenvalue weighted by Crippen LogP contribution is 2.32. The van der Waals surface area contributed by atoms with Crippen LogP contribution in [0.15, 0.2) is 40.4 Å². The lowest BCUT2D eigenvalue weighted by Crippen LogP contribution is -2.45. The van der Waals surface area contributed by atoms with Gasteiger partial charge >= 0.3 is 0 Å². The largest absolute Gasteiger partial charge is 0.507 e. The van der Waals surface area contributed by atoms with Crippen LogP contribution in [0.25, 0.3) is 0 Å². The van der Waals surface area contributed by atoms with E-state index in [9.17, 15) is 5.11 Å². The summed E-state index contributed by atoms with van der Waals surface area (Å²) in [5.74, 6) is 3.42. The van der Waals surface area contributed by atoms with Crippen LogP contribution in [0.2, 0.25) is 0 Å². The highest BCUT2D eigenvalue weighted by atomic mass is 16.3. The molecule has 0 amide bonds. The van der Waals surface area contributed by atoms with Crippen molar-refractivity contribution < 1.29 is 5.11 Å². The van der Waals surface area contributed by atoms with Crippen LogP contribution in [0.3, 0.4) is 0 Å². The van der Waals surface area contributed by atoms with Crippen molar-refractivity contribution in [2.24, 2.45) is 10.2 Å². The zero-order valence-electron chi connectivity index (χ0n) is 14.8. The third-order valence-electron chi connectivity index (χ3n) is 4.77. The number of phenols is 1. The third kappa shape index (κ3) is 3.94. The Bertz CT molecular complexity index is 721. The summed E-state index contributed by atoms with van der Waals surface area (Å²) in [6.45, 7) is 5.47. The molecule has 3 rings (SSSR count). The highest BCUT2D eigenvalue weighted by Gasteiger charge is 2.24. The van der Waals surface area contributed by atoms with E-state index in [1.54, 1.807) is 18.2 Å². The van der Waals surface area contributed by atoms with Gasteiger partial charge in [0.25, 0.3) is 0 Å². The Hall–Kier alpha value is -2.52. The Kier molecular flexibility index (Phi) is 5.25. The van der Waals surface area contributed by atoms with Crippen LogP contribution in [-0.4, -0.2) is 47.6 Å². The Morgan fingerprint density at radius 3 is 2.96 bits per heavy atom. The van der Waals surface area contributed by atoms with Crippen molar-refractivity contribution in [3.8, 4) is 18.1 Å². The Morgan fingerprint density at radius 2 is 2.28 bits per heavy atom. The summed E-state index contributed by atoms with van der Waals surface area (Å²) in [4.78, 5) is 4.39. The molecular weight excluding hydrogens is 314 g/mol. The maximum atomic E-state index is 10.2. The van der Waals surface area contributed by atoms with Crippen molar-refractivity contribution in [2.45, 2.75) is 32.0 Å². The number of azo groups is 1. The van der Waals surface area contributed by atoms with E-state index in [1.165, 1.54) is 13.0 Å². The molecule has 2 N–H and O–H groups in total. The molecule has 2 aliphatic heterocycles. The van der Waals surface area contributed by atoms with Gasteiger partial charge in [-0.3, -0.25) is 0 Å². The van der Waals surface area contributed by atoms with E-state index < -0.39 is 0 Å². The lowest BCUT2D eigenvalue weighted by Gasteiger charge is -2.34. The summed E-state index contributed by atoms with van der Waals surface area (Å²) in [6.07, 6.45) is 9.30. The summed E-state index contributed by atoms with van der Waals surface area (Å²) in [6, 6.07) is 5.58. The molecule has 6 nitrogen and oxygen atoms in total. The first-order valence-corrected chi connectivity index (χ1v) is 8.73. The number of hydrogen-bond acceptors (Lipinski definition) is 6. The minimum atomic E-state index is -0.351. The predicted octanol–water partition coefficient (Wildman–Crippen LogP) is 2.64. The Labute approximate surface area is 149 Å². The van der Waals surface area contributed by atoms with Crippen LogP contribution in [-0.2, 0) is 0 Å². The fraction of sp³-hybridized carbons (Fsp3) is 0.474. The zero-order valence-corrected chi connectivity index (χ0v) is 14.8. The average Bonchev–Trinajstić information content (AvgIpc) is 2.62. The van der Waals surface area contributed by atoms with Crippen LogP contribution in [0.5, 0.6) is 5.75 Å². The minimum absolute atomic E-state index is 0.141. The number of aromatic hydroxyl groups is 1. The quantitative estimate of drug-likeness (QED) is 0.828. The van der Waals surface area contributed by atoms with E-state index in [2.05, 4.69) is 33.3 Å². The molecule has 1 saturated heterocycles. The second kappa shape index (κ2) is 7.58. The number of likely N-dealkylation sites (tertiary alicyclic amines) is 1. The first kappa shape index (κ1) is 17.3.